The minimum Gasteiger partial charge on any atom is -0.325 e. The van der Waals surface area contributed by atoms with Crippen LogP contribution in [0.15, 0.2) is 46.8 Å². The summed E-state index contributed by atoms with van der Waals surface area (Å²) in [6.07, 6.45) is 0. The van der Waals surface area contributed by atoms with E-state index in [2.05, 4.69) is 10.3 Å². The number of fused-ring (bicyclic) bond motifs is 1. The molecule has 3 rings (SSSR count). The highest BCUT2D eigenvalue weighted by Gasteiger charge is 2.17. The minimum atomic E-state index is -0.325. The van der Waals surface area contributed by atoms with Crippen molar-refractivity contribution < 1.29 is 9.18 Å². The molecule has 6 heteroatoms. The minimum absolute atomic E-state index is 0.169. The summed E-state index contributed by atoms with van der Waals surface area (Å²) in [6.45, 7) is 3.50. The number of rotatable bonds is 4. The molecule has 1 atom stereocenters. The second kappa shape index (κ2) is 6.68. The van der Waals surface area contributed by atoms with Gasteiger partial charge in [-0.15, -0.1) is 11.3 Å². The summed E-state index contributed by atoms with van der Waals surface area (Å²) in [4.78, 5) is 16.8. The number of halogens is 1. The van der Waals surface area contributed by atoms with Crippen LogP contribution < -0.4 is 5.32 Å². The van der Waals surface area contributed by atoms with Gasteiger partial charge in [-0.25, -0.2) is 9.37 Å². The Bertz CT molecular complexity index is 830. The summed E-state index contributed by atoms with van der Waals surface area (Å²) in [7, 11) is 0. The number of thiazole rings is 1. The summed E-state index contributed by atoms with van der Waals surface area (Å²) >= 11 is 2.97. The van der Waals surface area contributed by atoms with E-state index >= 15 is 0 Å². The van der Waals surface area contributed by atoms with Crippen LogP contribution in [0.1, 0.15) is 12.5 Å². The first kappa shape index (κ1) is 16.0. The van der Waals surface area contributed by atoms with Crippen molar-refractivity contribution in [1.82, 2.24) is 4.98 Å². The van der Waals surface area contributed by atoms with Gasteiger partial charge in [0.25, 0.3) is 0 Å². The van der Waals surface area contributed by atoms with Crippen molar-refractivity contribution in [2.45, 2.75) is 23.4 Å². The largest absolute Gasteiger partial charge is 0.325 e. The molecule has 118 valence electrons. The number of nitrogens with one attached hydrogen (secondary N) is 1. The fraction of sp³-hybridized carbons (Fsp3) is 0.176. The first-order valence-electron chi connectivity index (χ1n) is 7.12. The van der Waals surface area contributed by atoms with Crippen LogP contribution in [0.25, 0.3) is 10.2 Å². The predicted molar refractivity (Wildman–Crippen MR) is 94.7 cm³/mol. The lowest BCUT2D eigenvalue weighted by Gasteiger charge is -2.11. The number of hydrogen-bond acceptors (Lipinski definition) is 4. The van der Waals surface area contributed by atoms with Crippen molar-refractivity contribution in [3.8, 4) is 0 Å². The van der Waals surface area contributed by atoms with Crippen LogP contribution in [-0.2, 0) is 4.79 Å². The van der Waals surface area contributed by atoms with Crippen LogP contribution in [-0.4, -0.2) is 16.1 Å². The summed E-state index contributed by atoms with van der Waals surface area (Å²) < 4.78 is 15.5. The number of carbonyl (C=O) groups excluding carboxylic acids is 1. The molecule has 1 N–H and O–H groups in total. The summed E-state index contributed by atoms with van der Waals surface area (Å²) in [5, 5.41) is 2.42. The third-order valence-corrected chi connectivity index (χ3v) is 5.59. The molecule has 0 aliphatic carbocycles. The van der Waals surface area contributed by atoms with Crippen molar-refractivity contribution in [2.75, 3.05) is 5.32 Å². The van der Waals surface area contributed by atoms with Crippen LogP contribution in [0.5, 0.6) is 0 Å². The topological polar surface area (TPSA) is 42.0 Å². The summed E-state index contributed by atoms with van der Waals surface area (Å²) in [6, 6.07) is 12.6. The molecule has 1 unspecified atom stereocenters. The van der Waals surface area contributed by atoms with E-state index in [1.807, 2.05) is 31.2 Å². The van der Waals surface area contributed by atoms with E-state index in [-0.39, 0.29) is 17.0 Å². The van der Waals surface area contributed by atoms with Crippen LogP contribution in [0.3, 0.4) is 0 Å². The second-order valence-electron chi connectivity index (χ2n) is 5.16. The Morgan fingerprint density at radius 2 is 2.09 bits per heavy atom. The molecule has 0 saturated heterocycles. The second-order valence-corrected chi connectivity index (χ2v) is 7.78. The molecule has 3 aromatic rings. The maximum Gasteiger partial charge on any atom is 0.237 e. The normalized spacial score (nSPS) is 12.3. The lowest BCUT2D eigenvalue weighted by molar-refractivity contribution is -0.115. The number of benzene rings is 2. The highest BCUT2D eigenvalue weighted by molar-refractivity contribution is 8.02. The quantitative estimate of drug-likeness (QED) is 0.686. The molecule has 0 aliphatic rings. The first-order chi connectivity index (χ1) is 11.0. The van der Waals surface area contributed by atoms with Gasteiger partial charge in [0.2, 0.25) is 5.91 Å². The highest BCUT2D eigenvalue weighted by atomic mass is 32.2. The van der Waals surface area contributed by atoms with Crippen LogP contribution in [0, 0.1) is 12.7 Å². The molecule has 3 nitrogen and oxygen atoms in total. The van der Waals surface area contributed by atoms with Crippen molar-refractivity contribution in [3.05, 3.63) is 53.8 Å². The molecule has 1 aromatic heterocycles. The molecule has 0 aliphatic heterocycles. The number of aryl methyl sites for hydroxylation is 1. The number of thioether (sulfide) groups is 1. The van der Waals surface area contributed by atoms with E-state index in [4.69, 9.17) is 0 Å². The smallest absolute Gasteiger partial charge is 0.237 e. The molecule has 1 amide bonds. The van der Waals surface area contributed by atoms with Gasteiger partial charge in [0.1, 0.15) is 5.82 Å². The van der Waals surface area contributed by atoms with Crippen molar-refractivity contribution in [3.63, 3.8) is 0 Å². The van der Waals surface area contributed by atoms with Gasteiger partial charge in [0.15, 0.2) is 4.34 Å². The third-order valence-electron chi connectivity index (χ3n) is 3.36. The zero-order valence-corrected chi connectivity index (χ0v) is 14.3. The van der Waals surface area contributed by atoms with E-state index in [1.54, 1.807) is 30.4 Å². The van der Waals surface area contributed by atoms with E-state index in [1.165, 1.54) is 17.8 Å². The number of anilines is 1. The molecular weight excluding hydrogens is 331 g/mol. The van der Waals surface area contributed by atoms with Gasteiger partial charge >= 0.3 is 0 Å². The molecule has 0 spiro atoms. The fourth-order valence-corrected chi connectivity index (χ4v) is 4.23. The molecule has 2 aromatic carbocycles. The van der Waals surface area contributed by atoms with Gasteiger partial charge < -0.3 is 5.32 Å². The van der Waals surface area contributed by atoms with E-state index in [9.17, 15) is 9.18 Å². The van der Waals surface area contributed by atoms with Crippen molar-refractivity contribution >= 4 is 44.9 Å². The Labute approximate surface area is 141 Å². The molecular formula is C17H15FN2OS2. The highest BCUT2D eigenvalue weighted by Crippen LogP contribution is 2.32. The van der Waals surface area contributed by atoms with Gasteiger partial charge in [0, 0.05) is 5.69 Å². The molecule has 0 saturated carbocycles. The summed E-state index contributed by atoms with van der Waals surface area (Å²) in [5.41, 5.74) is 1.96. The molecule has 0 fully saturated rings. The van der Waals surface area contributed by atoms with Gasteiger partial charge in [0.05, 0.1) is 15.5 Å². The molecule has 1 heterocycles. The lowest BCUT2D eigenvalue weighted by atomic mass is 10.2. The fourth-order valence-electron chi connectivity index (χ4n) is 2.02. The van der Waals surface area contributed by atoms with E-state index in [0.29, 0.717) is 11.3 Å². The van der Waals surface area contributed by atoms with Gasteiger partial charge in [-0.2, -0.15) is 0 Å². The Morgan fingerprint density at radius 3 is 2.83 bits per heavy atom. The van der Waals surface area contributed by atoms with Gasteiger partial charge in [-0.1, -0.05) is 30.0 Å². The van der Waals surface area contributed by atoms with Crippen LogP contribution in [0.4, 0.5) is 10.1 Å². The van der Waals surface area contributed by atoms with Gasteiger partial charge in [-0.3, -0.25) is 4.79 Å². The third kappa shape index (κ3) is 3.71. The van der Waals surface area contributed by atoms with Crippen LogP contribution in [0.2, 0.25) is 0 Å². The zero-order chi connectivity index (χ0) is 16.4. The van der Waals surface area contributed by atoms with Gasteiger partial charge in [-0.05, 0) is 43.7 Å². The Kier molecular flexibility index (Phi) is 4.63. The number of nitrogens with zero attached hydrogens (tertiary/aromatic N) is 1. The first-order valence-corrected chi connectivity index (χ1v) is 8.82. The van der Waals surface area contributed by atoms with Crippen LogP contribution >= 0.6 is 23.1 Å². The maximum atomic E-state index is 13.5. The Morgan fingerprint density at radius 1 is 1.30 bits per heavy atom. The van der Waals surface area contributed by atoms with Crippen molar-refractivity contribution in [1.29, 1.82) is 0 Å². The average molecular weight is 346 g/mol. The Balaban J connectivity index is 1.68. The lowest BCUT2D eigenvalue weighted by Crippen LogP contribution is -2.22. The molecule has 0 bridgehead atoms. The standard InChI is InChI=1S/C17H15FN2OS2/c1-10-7-8-12(9-13(10)18)19-16(21)11(2)22-17-20-14-5-3-4-6-15(14)23-17/h3-9,11H,1-2H3,(H,19,21). The maximum absolute atomic E-state index is 13.5. The molecule has 0 radical (unpaired) electrons. The monoisotopic (exact) mass is 346 g/mol. The predicted octanol–water partition coefficient (Wildman–Crippen LogP) is 4.86. The van der Waals surface area contributed by atoms with Crippen molar-refractivity contribution in [2.24, 2.45) is 0 Å². The number of hydrogen-bond donors (Lipinski definition) is 1. The van der Waals surface area contributed by atoms with E-state index in [0.717, 1.165) is 14.6 Å². The molecule has 23 heavy (non-hydrogen) atoms. The number of para-hydroxylation sites is 1. The number of amides is 1. The number of aromatic nitrogens is 1. The Hall–Kier alpha value is -1.92. The average Bonchev–Trinajstić information content (AvgIpc) is 2.93. The zero-order valence-electron chi connectivity index (χ0n) is 12.7. The SMILES string of the molecule is Cc1ccc(NC(=O)C(C)Sc2nc3ccccc3s2)cc1F. The van der Waals surface area contributed by atoms with E-state index < -0.39 is 0 Å². The number of carbonyl (C=O) groups is 1. The summed E-state index contributed by atoms with van der Waals surface area (Å²) in [5.74, 6) is -0.494.